The van der Waals surface area contributed by atoms with Crippen LogP contribution in [0.4, 0.5) is 10.5 Å². The number of nitrogens with one attached hydrogen (secondary N) is 1. The predicted molar refractivity (Wildman–Crippen MR) is 93.2 cm³/mol. The lowest BCUT2D eigenvalue weighted by Crippen LogP contribution is -2.44. The fourth-order valence-corrected chi connectivity index (χ4v) is 3.06. The molecule has 0 spiro atoms. The zero-order chi connectivity index (χ0) is 18.4. The molecule has 138 valence electrons. The molecule has 1 heterocycles. The van der Waals surface area contributed by atoms with E-state index in [0.717, 1.165) is 19.6 Å². The molecule has 1 aliphatic heterocycles. The Morgan fingerprint density at radius 1 is 1.40 bits per heavy atom. The van der Waals surface area contributed by atoms with Crippen LogP contribution in [0.5, 0.6) is 5.75 Å². The number of nitro benzene ring substituents is 1. The minimum Gasteiger partial charge on any atom is -0.492 e. The smallest absolute Gasteiger partial charge is 0.405 e. The monoisotopic (exact) mass is 351 g/mol. The van der Waals surface area contributed by atoms with Gasteiger partial charge >= 0.3 is 6.09 Å². The summed E-state index contributed by atoms with van der Waals surface area (Å²) in [6.45, 7) is 6.83. The molecular formula is C17H25N3O5. The van der Waals surface area contributed by atoms with Gasteiger partial charge in [-0.15, -0.1) is 0 Å². The minimum absolute atomic E-state index is 0.0565. The van der Waals surface area contributed by atoms with Crippen LogP contribution in [0.2, 0.25) is 0 Å². The minimum atomic E-state index is -1.16. The summed E-state index contributed by atoms with van der Waals surface area (Å²) < 4.78 is 5.65. The van der Waals surface area contributed by atoms with Crippen molar-refractivity contribution in [3.8, 4) is 5.75 Å². The van der Waals surface area contributed by atoms with E-state index in [4.69, 9.17) is 9.84 Å². The van der Waals surface area contributed by atoms with Gasteiger partial charge in [-0.05, 0) is 51.9 Å². The van der Waals surface area contributed by atoms with Crippen LogP contribution in [0.1, 0.15) is 32.3 Å². The molecule has 1 saturated heterocycles. The Kier molecular flexibility index (Phi) is 6.19. The van der Waals surface area contributed by atoms with Crippen LogP contribution in [-0.4, -0.2) is 52.8 Å². The van der Waals surface area contributed by atoms with Crippen LogP contribution >= 0.6 is 0 Å². The maximum Gasteiger partial charge on any atom is 0.405 e. The number of hydrogen-bond donors (Lipinski definition) is 2. The van der Waals surface area contributed by atoms with Gasteiger partial charge in [0.05, 0.1) is 11.0 Å². The van der Waals surface area contributed by atoms with E-state index in [1.165, 1.54) is 18.9 Å². The maximum atomic E-state index is 11.4. The Morgan fingerprint density at radius 3 is 2.68 bits per heavy atom. The van der Waals surface area contributed by atoms with E-state index in [2.05, 4.69) is 10.2 Å². The number of carbonyl (C=O) groups is 1. The molecule has 1 aliphatic rings. The van der Waals surface area contributed by atoms with Crippen molar-refractivity contribution in [1.82, 2.24) is 10.2 Å². The zero-order valence-electron chi connectivity index (χ0n) is 14.7. The molecular weight excluding hydrogens is 326 g/mol. The largest absolute Gasteiger partial charge is 0.492 e. The van der Waals surface area contributed by atoms with Crippen LogP contribution in [-0.2, 0) is 6.42 Å². The highest BCUT2D eigenvalue weighted by molar-refractivity contribution is 5.65. The van der Waals surface area contributed by atoms with Gasteiger partial charge in [-0.1, -0.05) is 0 Å². The topological polar surface area (TPSA) is 105 Å². The highest BCUT2D eigenvalue weighted by atomic mass is 16.6. The van der Waals surface area contributed by atoms with Crippen molar-refractivity contribution < 1.29 is 19.6 Å². The van der Waals surface area contributed by atoms with Gasteiger partial charge in [0, 0.05) is 24.1 Å². The lowest BCUT2D eigenvalue weighted by atomic mass is 9.94. The lowest BCUT2D eigenvalue weighted by Gasteiger charge is -2.24. The molecule has 8 heteroatoms. The van der Waals surface area contributed by atoms with E-state index < -0.39 is 16.6 Å². The molecule has 1 amide bonds. The molecule has 1 aromatic rings. The van der Waals surface area contributed by atoms with Crippen LogP contribution in [0.3, 0.4) is 0 Å². The van der Waals surface area contributed by atoms with Gasteiger partial charge in [-0.25, -0.2) is 4.79 Å². The van der Waals surface area contributed by atoms with E-state index in [1.54, 1.807) is 26.0 Å². The number of ether oxygens (including phenoxy) is 1. The summed E-state index contributed by atoms with van der Waals surface area (Å²) in [5.74, 6) is 0.457. The van der Waals surface area contributed by atoms with Gasteiger partial charge in [0.2, 0.25) is 0 Å². The number of amides is 1. The number of likely N-dealkylation sites (tertiary alicyclic amines) is 1. The van der Waals surface area contributed by atoms with Crippen molar-refractivity contribution in [1.29, 1.82) is 0 Å². The fraction of sp³-hybridized carbons (Fsp3) is 0.588. The Morgan fingerprint density at radius 2 is 2.08 bits per heavy atom. The second kappa shape index (κ2) is 8.15. The van der Waals surface area contributed by atoms with Crippen molar-refractivity contribution in [2.45, 2.75) is 38.6 Å². The SMILES string of the molecule is CC(C)(Cc1ccc(OCCN2CCCC2)cc1[N+](=O)[O-])NC(=O)O. The van der Waals surface area contributed by atoms with Crippen LogP contribution in [0.25, 0.3) is 0 Å². The van der Waals surface area contributed by atoms with Crippen molar-refractivity contribution in [3.05, 3.63) is 33.9 Å². The van der Waals surface area contributed by atoms with Crippen LogP contribution in [0, 0.1) is 10.1 Å². The Balaban J connectivity index is 2.03. The van der Waals surface area contributed by atoms with Crippen molar-refractivity contribution >= 4 is 11.8 Å². The van der Waals surface area contributed by atoms with Gasteiger partial charge in [0.25, 0.3) is 5.69 Å². The number of rotatable bonds is 8. The Hall–Kier alpha value is -2.35. The third kappa shape index (κ3) is 5.90. The first-order valence-corrected chi connectivity index (χ1v) is 8.40. The quantitative estimate of drug-likeness (QED) is 0.551. The normalized spacial score (nSPS) is 15.1. The summed E-state index contributed by atoms with van der Waals surface area (Å²) in [6, 6.07) is 4.74. The average Bonchev–Trinajstić information content (AvgIpc) is 3.00. The second-order valence-electron chi connectivity index (χ2n) is 6.94. The van der Waals surface area contributed by atoms with Crippen molar-refractivity contribution in [2.75, 3.05) is 26.2 Å². The molecule has 8 nitrogen and oxygen atoms in total. The molecule has 0 radical (unpaired) electrons. The summed E-state index contributed by atoms with van der Waals surface area (Å²) in [7, 11) is 0. The third-order valence-electron chi connectivity index (χ3n) is 4.21. The van der Waals surface area contributed by atoms with E-state index >= 15 is 0 Å². The van der Waals surface area contributed by atoms with Gasteiger partial charge in [-0.2, -0.15) is 0 Å². The zero-order valence-corrected chi connectivity index (χ0v) is 14.7. The molecule has 0 bridgehead atoms. The summed E-state index contributed by atoms with van der Waals surface area (Å²) in [5, 5.41) is 22.6. The Bertz CT molecular complexity index is 627. The predicted octanol–water partition coefficient (Wildman–Crippen LogP) is 2.66. The van der Waals surface area contributed by atoms with Gasteiger partial charge < -0.3 is 15.2 Å². The first-order valence-electron chi connectivity index (χ1n) is 8.40. The molecule has 1 aromatic carbocycles. The molecule has 0 saturated carbocycles. The molecule has 2 N–H and O–H groups in total. The standard InChI is InChI=1S/C17H25N3O5/c1-17(2,18-16(21)22)12-13-5-6-14(11-15(13)20(23)24)25-10-9-19-7-3-4-8-19/h5-6,11,18H,3-4,7-10,12H2,1-2H3,(H,21,22). The molecule has 2 rings (SSSR count). The van der Waals surface area contributed by atoms with E-state index in [0.29, 0.717) is 17.9 Å². The number of nitro groups is 1. The highest BCUT2D eigenvalue weighted by Gasteiger charge is 2.25. The van der Waals surface area contributed by atoms with Gasteiger partial charge in [0.1, 0.15) is 12.4 Å². The molecule has 0 atom stereocenters. The van der Waals surface area contributed by atoms with Gasteiger partial charge in [0.15, 0.2) is 0 Å². The molecule has 0 aromatic heterocycles. The van der Waals surface area contributed by atoms with Crippen LogP contribution in [0.15, 0.2) is 18.2 Å². The molecule has 25 heavy (non-hydrogen) atoms. The average molecular weight is 351 g/mol. The Labute approximate surface area is 146 Å². The lowest BCUT2D eigenvalue weighted by molar-refractivity contribution is -0.385. The molecule has 0 aliphatic carbocycles. The molecule has 1 fully saturated rings. The second-order valence-corrected chi connectivity index (χ2v) is 6.94. The van der Waals surface area contributed by atoms with Crippen LogP contribution < -0.4 is 10.1 Å². The first-order chi connectivity index (χ1) is 11.8. The van der Waals surface area contributed by atoms with E-state index in [1.807, 2.05) is 0 Å². The number of carboxylic acid groups (broad SMARTS) is 1. The van der Waals surface area contributed by atoms with Crippen molar-refractivity contribution in [2.24, 2.45) is 0 Å². The number of nitrogens with zero attached hydrogens (tertiary/aromatic N) is 2. The van der Waals surface area contributed by atoms with Crippen molar-refractivity contribution in [3.63, 3.8) is 0 Å². The maximum absolute atomic E-state index is 11.4. The highest BCUT2D eigenvalue weighted by Crippen LogP contribution is 2.28. The van der Waals surface area contributed by atoms with E-state index in [9.17, 15) is 14.9 Å². The van der Waals surface area contributed by atoms with Gasteiger partial charge in [-0.3, -0.25) is 15.0 Å². The first kappa shape index (κ1) is 19.0. The van der Waals surface area contributed by atoms with E-state index in [-0.39, 0.29) is 12.1 Å². The number of hydrogen-bond acceptors (Lipinski definition) is 5. The summed E-state index contributed by atoms with van der Waals surface area (Å²) in [6.07, 6.45) is 1.47. The summed E-state index contributed by atoms with van der Waals surface area (Å²) in [4.78, 5) is 24.1. The molecule has 0 unspecified atom stereocenters. The third-order valence-corrected chi connectivity index (χ3v) is 4.21. The summed E-state index contributed by atoms with van der Waals surface area (Å²) >= 11 is 0. The number of benzene rings is 1. The summed E-state index contributed by atoms with van der Waals surface area (Å²) in [5.41, 5.74) is -0.399. The fourth-order valence-electron chi connectivity index (χ4n) is 3.06.